The molecule has 0 aromatic heterocycles. The molecule has 1 aliphatic heterocycles. The maximum atomic E-state index is 12.4. The van der Waals surface area contributed by atoms with Crippen LogP contribution in [0.25, 0.3) is 0 Å². The Morgan fingerprint density at radius 2 is 1.67 bits per heavy atom. The molecule has 1 aliphatic rings. The number of halogens is 1. The molecule has 0 spiro atoms. The van der Waals surface area contributed by atoms with Crippen LogP contribution >= 0.6 is 0 Å². The van der Waals surface area contributed by atoms with Gasteiger partial charge in [0.1, 0.15) is 0 Å². The summed E-state index contributed by atoms with van der Waals surface area (Å²) >= 11 is 0. The second-order valence-corrected chi connectivity index (χ2v) is 5.35. The first kappa shape index (κ1) is 9.92. The summed E-state index contributed by atoms with van der Waals surface area (Å²) in [6, 6.07) is 0. The van der Waals surface area contributed by atoms with Crippen LogP contribution in [0.1, 0.15) is 26.7 Å². The van der Waals surface area contributed by atoms with Gasteiger partial charge in [0.2, 0.25) is 0 Å². The predicted molar refractivity (Wildman–Crippen MR) is 44.6 cm³/mol. The van der Waals surface area contributed by atoms with E-state index in [-0.39, 0.29) is 5.41 Å². The zero-order valence-electron chi connectivity index (χ0n) is 7.38. The highest BCUT2D eigenvalue weighted by atomic mass is 32.3. The summed E-state index contributed by atoms with van der Waals surface area (Å²) in [6.45, 7) is 4.75. The van der Waals surface area contributed by atoms with E-state index in [4.69, 9.17) is 0 Å². The molecule has 0 atom stereocenters. The van der Waals surface area contributed by atoms with Crippen LogP contribution in [0.15, 0.2) is 0 Å². The number of piperidine rings is 1. The normalized spacial score (nSPS) is 25.6. The van der Waals surface area contributed by atoms with Crippen LogP contribution in [0.4, 0.5) is 3.89 Å². The van der Waals surface area contributed by atoms with Gasteiger partial charge in [0.25, 0.3) is 0 Å². The fourth-order valence-electron chi connectivity index (χ4n) is 1.31. The Bertz CT molecular complexity index is 251. The molecule has 0 aromatic rings. The van der Waals surface area contributed by atoms with Crippen LogP contribution in [0.2, 0.25) is 0 Å². The lowest BCUT2D eigenvalue weighted by atomic mass is 9.83. The quantitative estimate of drug-likeness (QED) is 0.592. The van der Waals surface area contributed by atoms with Crippen molar-refractivity contribution in [1.29, 1.82) is 0 Å². The van der Waals surface area contributed by atoms with E-state index in [2.05, 4.69) is 13.8 Å². The highest BCUT2D eigenvalue weighted by molar-refractivity contribution is 7.83. The van der Waals surface area contributed by atoms with Crippen molar-refractivity contribution in [2.75, 3.05) is 13.1 Å². The van der Waals surface area contributed by atoms with Crippen LogP contribution in [-0.4, -0.2) is 25.8 Å². The minimum absolute atomic E-state index is 0.154. The lowest BCUT2D eigenvalue weighted by Crippen LogP contribution is -2.39. The van der Waals surface area contributed by atoms with Crippen LogP contribution in [0.3, 0.4) is 0 Å². The van der Waals surface area contributed by atoms with E-state index in [1.54, 1.807) is 0 Å². The first-order chi connectivity index (χ1) is 5.31. The average Bonchev–Trinajstić information content (AvgIpc) is 1.83. The molecule has 1 heterocycles. The summed E-state index contributed by atoms with van der Waals surface area (Å²) in [5.41, 5.74) is 0.154. The highest BCUT2D eigenvalue weighted by Crippen LogP contribution is 2.30. The monoisotopic (exact) mass is 195 g/mol. The second-order valence-electron chi connectivity index (χ2n) is 4.01. The molecule has 5 heteroatoms. The Labute approximate surface area is 72.9 Å². The van der Waals surface area contributed by atoms with Gasteiger partial charge in [-0.1, -0.05) is 17.7 Å². The predicted octanol–water partition coefficient (Wildman–Crippen LogP) is 1.32. The van der Waals surface area contributed by atoms with E-state index in [0.717, 1.165) is 17.1 Å². The molecular weight excluding hydrogens is 181 g/mol. The van der Waals surface area contributed by atoms with E-state index in [9.17, 15) is 12.3 Å². The minimum Gasteiger partial charge on any atom is -0.177 e. The second kappa shape index (κ2) is 2.96. The van der Waals surface area contributed by atoms with Crippen molar-refractivity contribution in [3.63, 3.8) is 0 Å². The van der Waals surface area contributed by atoms with Crippen molar-refractivity contribution in [1.82, 2.24) is 4.31 Å². The summed E-state index contributed by atoms with van der Waals surface area (Å²) in [6.07, 6.45) is 1.46. The third-order valence-corrected chi connectivity index (χ3v) is 3.37. The number of hydrogen-bond donors (Lipinski definition) is 0. The molecular formula is C7H14FNO2S. The highest BCUT2D eigenvalue weighted by Gasteiger charge is 2.31. The molecule has 0 bridgehead atoms. The molecule has 3 nitrogen and oxygen atoms in total. The molecule has 0 unspecified atom stereocenters. The molecule has 0 aromatic carbocycles. The summed E-state index contributed by atoms with van der Waals surface area (Å²) < 4.78 is 34.2. The molecule has 0 N–H and O–H groups in total. The summed E-state index contributed by atoms with van der Waals surface area (Å²) in [7, 11) is -4.44. The van der Waals surface area contributed by atoms with Crippen molar-refractivity contribution in [3.05, 3.63) is 0 Å². The van der Waals surface area contributed by atoms with Gasteiger partial charge in [0.05, 0.1) is 0 Å². The Morgan fingerprint density at radius 3 is 2.00 bits per heavy atom. The standard InChI is InChI=1S/C7H14FNO2S/c1-7(2)3-5-9(6-4-7)12(8,10)11/h3-6H2,1-2H3. The van der Waals surface area contributed by atoms with Crippen molar-refractivity contribution in [2.45, 2.75) is 26.7 Å². The largest absolute Gasteiger partial charge is 0.374 e. The smallest absolute Gasteiger partial charge is 0.177 e. The van der Waals surface area contributed by atoms with Gasteiger partial charge in [-0.3, -0.25) is 0 Å². The average molecular weight is 195 g/mol. The molecule has 12 heavy (non-hydrogen) atoms. The molecule has 1 fully saturated rings. The van der Waals surface area contributed by atoms with Gasteiger partial charge in [-0.05, 0) is 18.3 Å². The summed E-state index contributed by atoms with van der Waals surface area (Å²) in [4.78, 5) is 0. The van der Waals surface area contributed by atoms with Gasteiger partial charge in [-0.15, -0.1) is 0 Å². The van der Waals surface area contributed by atoms with Crippen LogP contribution < -0.4 is 0 Å². The third-order valence-electron chi connectivity index (χ3n) is 2.38. The third kappa shape index (κ3) is 2.42. The van der Waals surface area contributed by atoms with Crippen molar-refractivity contribution in [2.24, 2.45) is 5.41 Å². The Hall–Kier alpha value is -0.160. The van der Waals surface area contributed by atoms with Gasteiger partial charge in [-0.2, -0.15) is 12.7 Å². The number of rotatable bonds is 1. The van der Waals surface area contributed by atoms with E-state index in [1.165, 1.54) is 0 Å². The van der Waals surface area contributed by atoms with E-state index >= 15 is 0 Å². The molecule has 1 rings (SSSR count). The topological polar surface area (TPSA) is 37.4 Å². The molecule has 0 amide bonds. The van der Waals surface area contributed by atoms with Crippen molar-refractivity contribution in [3.8, 4) is 0 Å². The molecule has 1 saturated heterocycles. The molecule has 0 aliphatic carbocycles. The van der Waals surface area contributed by atoms with Gasteiger partial charge in [0.15, 0.2) is 0 Å². The lowest BCUT2D eigenvalue weighted by Gasteiger charge is -2.34. The summed E-state index contributed by atoms with van der Waals surface area (Å²) in [5.74, 6) is 0. The van der Waals surface area contributed by atoms with E-state index in [0.29, 0.717) is 13.1 Å². The van der Waals surface area contributed by atoms with Crippen LogP contribution in [0, 0.1) is 5.41 Å². The first-order valence-electron chi connectivity index (χ1n) is 4.01. The van der Waals surface area contributed by atoms with Crippen LogP contribution in [0.5, 0.6) is 0 Å². The van der Waals surface area contributed by atoms with E-state index < -0.39 is 10.4 Å². The zero-order chi connectivity index (χ0) is 9.41. The lowest BCUT2D eigenvalue weighted by molar-refractivity contribution is 0.191. The SMILES string of the molecule is CC1(C)CCN(S(=O)(=O)F)CC1. The van der Waals surface area contributed by atoms with Crippen LogP contribution in [-0.2, 0) is 10.4 Å². The van der Waals surface area contributed by atoms with E-state index in [1.807, 2.05) is 0 Å². The first-order valence-corrected chi connectivity index (χ1v) is 5.35. The maximum absolute atomic E-state index is 12.4. The maximum Gasteiger partial charge on any atom is 0.374 e. The Balaban J connectivity index is 2.59. The van der Waals surface area contributed by atoms with Crippen molar-refractivity contribution < 1.29 is 12.3 Å². The Morgan fingerprint density at radius 1 is 1.25 bits per heavy atom. The summed E-state index contributed by atoms with van der Waals surface area (Å²) in [5, 5.41) is 0. The molecule has 72 valence electrons. The van der Waals surface area contributed by atoms with Gasteiger partial charge < -0.3 is 0 Å². The molecule has 0 saturated carbocycles. The minimum atomic E-state index is -4.44. The van der Waals surface area contributed by atoms with Gasteiger partial charge >= 0.3 is 10.4 Å². The fourth-order valence-corrected chi connectivity index (χ4v) is 1.93. The number of hydrogen-bond acceptors (Lipinski definition) is 2. The van der Waals surface area contributed by atoms with Gasteiger partial charge in [0, 0.05) is 13.1 Å². The number of nitrogens with zero attached hydrogens (tertiary/aromatic N) is 1. The fraction of sp³-hybridized carbons (Fsp3) is 1.00. The van der Waals surface area contributed by atoms with Crippen molar-refractivity contribution >= 4 is 10.4 Å². The molecule has 0 radical (unpaired) electrons. The zero-order valence-corrected chi connectivity index (χ0v) is 8.19. The van der Waals surface area contributed by atoms with Gasteiger partial charge in [-0.25, -0.2) is 0 Å². The Kier molecular flexibility index (Phi) is 2.45.